The van der Waals surface area contributed by atoms with Crippen molar-refractivity contribution in [3.8, 4) is 119 Å². The third-order valence-corrected chi connectivity index (χ3v) is 22.9. The summed E-state index contributed by atoms with van der Waals surface area (Å²) >= 11 is 3.52. The van der Waals surface area contributed by atoms with Crippen LogP contribution in [0.4, 0.5) is 0 Å². The Labute approximate surface area is 692 Å². The molecule has 0 radical (unpaired) electrons. The van der Waals surface area contributed by atoms with Crippen LogP contribution in [0.2, 0.25) is 0 Å². The van der Waals surface area contributed by atoms with Gasteiger partial charge in [0.2, 0.25) is 11.6 Å². The van der Waals surface area contributed by atoms with E-state index in [1.54, 1.807) is 0 Å². The lowest BCUT2D eigenvalue weighted by Crippen LogP contribution is -2.01. The molecule has 24 rings (SSSR count). The minimum absolute atomic E-state index is 0.621. The average Bonchev–Trinajstić information content (AvgIpc) is 1.56. The first kappa shape index (κ1) is 70.0. The van der Waals surface area contributed by atoms with Crippen LogP contribution in [-0.4, -0.2) is 62.4 Å². The fraction of sp³-hybridized carbons (Fsp3) is 0.00952. The Kier molecular flexibility index (Phi) is 17.4. The molecule has 0 atom stereocenters. The number of hydrogen-bond acceptors (Lipinski definition) is 8. The third kappa shape index (κ3) is 12.6. The number of fused-ring (bicyclic) bond motifs is 16. The Morgan fingerprint density at radius 1 is 0.202 bits per heavy atom. The van der Waals surface area contributed by atoms with Crippen LogP contribution >= 0.6 is 15.9 Å². The zero-order valence-electron chi connectivity index (χ0n) is 64.0. The van der Waals surface area contributed by atoms with Gasteiger partial charge in [-0.15, -0.1) is 0 Å². The Balaban J connectivity index is 0.000000120. The second-order valence-electron chi connectivity index (χ2n) is 29.6. The Hall–Kier alpha value is -15.6. The minimum atomic E-state index is 0.621. The summed E-state index contributed by atoms with van der Waals surface area (Å²) in [6.07, 6.45) is 1.01. The van der Waals surface area contributed by atoms with Crippen molar-refractivity contribution in [3.05, 3.63) is 416 Å². The monoisotopic (exact) mass is 1590 g/mol. The summed E-state index contributed by atoms with van der Waals surface area (Å²) in [6, 6.07) is 139. The van der Waals surface area contributed by atoms with Gasteiger partial charge >= 0.3 is 0 Å². The SMILES string of the molecule is Brc1cccc(-c2nc(-c3ccccc3)nc(-c3ccccc3)n2)c1.c1ccc(-c2nc(-c3ccccc3)nc(-c3cccc(-n4c5ccccc5c5cc(-c6cccc7c6nc6n(-c8ccccc8)c8ccccc8n76)ccc54)c3)n2)cc1.c1ccc(-n2c3ccccc3n3c4cccc(-c5ccc6c(c5)-c5ccccc5C6)c4nc23)cc1. The highest BCUT2D eigenvalue weighted by atomic mass is 79.9. The summed E-state index contributed by atoms with van der Waals surface area (Å²) in [5.41, 5.74) is 30.0. The van der Waals surface area contributed by atoms with Crippen molar-refractivity contribution in [2.45, 2.75) is 6.42 Å². The van der Waals surface area contributed by atoms with Crippen LogP contribution in [0, 0.1) is 0 Å². The molecule has 0 unspecified atom stereocenters. The largest absolute Gasteiger partial charge is 0.309 e. The van der Waals surface area contributed by atoms with Crippen LogP contribution < -0.4 is 0 Å². The van der Waals surface area contributed by atoms with E-state index in [0.29, 0.717) is 34.9 Å². The second kappa shape index (κ2) is 29.6. The maximum absolute atomic E-state index is 5.39. The lowest BCUT2D eigenvalue weighted by Gasteiger charge is -2.12. The van der Waals surface area contributed by atoms with Gasteiger partial charge in [0.05, 0.1) is 55.2 Å². The number of imidazole rings is 4. The number of rotatable bonds is 11. The fourth-order valence-corrected chi connectivity index (χ4v) is 17.4. The molecule has 1 aliphatic rings. The minimum Gasteiger partial charge on any atom is -0.309 e. The standard InChI is InChI=1S/C52H33N7.C32H21N3.C21H14BrN3/c1-4-16-34(17-5-1)49-54-50(35-18-6-2-7-19-35)56-51(55-49)37-20-14-23-39(32-37)57-43-26-11-10-24-41(43)42-33-36(30-31-44(42)57)40-25-15-29-47-48(40)53-52-58(38-21-8-3-9-22-38)45-27-12-13-28-46(45)59(47)52;1-2-10-24(11-3-1)34-28-14-6-7-15-29(28)35-30-16-8-13-26(31(30)33-32(34)35)23-18-17-22-19-21-9-4-5-12-25(21)27(22)20-23;22-18-13-7-12-17(14-18)21-24-19(15-8-3-1-4-9-15)23-20(25-21)16-10-5-2-6-11-16/h1-33H;1-18,20H,19H2;1-14H. The van der Waals surface area contributed by atoms with Crippen LogP contribution in [-0.2, 0) is 6.42 Å². The van der Waals surface area contributed by atoms with Gasteiger partial charge in [0.25, 0.3) is 0 Å². The Morgan fingerprint density at radius 2 is 0.555 bits per heavy atom. The van der Waals surface area contributed by atoms with Crippen LogP contribution in [0.3, 0.4) is 0 Å². The number of hydrogen-bond donors (Lipinski definition) is 0. The van der Waals surface area contributed by atoms with Crippen molar-refractivity contribution >= 4 is 93.4 Å². The maximum Gasteiger partial charge on any atom is 0.220 e. The van der Waals surface area contributed by atoms with Crippen molar-refractivity contribution in [2.24, 2.45) is 0 Å². The molecule has 7 heterocycles. The van der Waals surface area contributed by atoms with E-state index in [4.69, 9.17) is 34.9 Å². The summed E-state index contributed by atoms with van der Waals surface area (Å²) in [7, 11) is 0. The first-order valence-electron chi connectivity index (χ1n) is 39.7. The van der Waals surface area contributed by atoms with E-state index in [1.165, 1.54) is 44.2 Å². The smallest absolute Gasteiger partial charge is 0.220 e. The highest BCUT2D eigenvalue weighted by Crippen LogP contribution is 2.44. The summed E-state index contributed by atoms with van der Waals surface area (Å²) in [5.74, 6) is 5.73. The van der Waals surface area contributed by atoms with Gasteiger partial charge in [0.1, 0.15) is 0 Å². The van der Waals surface area contributed by atoms with Crippen LogP contribution in [0.15, 0.2) is 405 Å². The molecule has 119 heavy (non-hydrogen) atoms. The summed E-state index contributed by atoms with van der Waals surface area (Å²) < 4.78 is 12.4. The van der Waals surface area contributed by atoms with E-state index in [-0.39, 0.29) is 0 Å². The molecule has 0 saturated heterocycles. The maximum atomic E-state index is 5.39. The Morgan fingerprint density at radius 3 is 1.06 bits per heavy atom. The summed E-state index contributed by atoms with van der Waals surface area (Å²) in [4.78, 5) is 39.7. The number of aromatic nitrogens is 13. The molecular weight excluding hydrogens is 1520 g/mol. The first-order valence-corrected chi connectivity index (χ1v) is 40.5. The molecule has 0 saturated carbocycles. The molecule has 14 heteroatoms. The first-order chi connectivity index (χ1) is 58.9. The van der Waals surface area contributed by atoms with Gasteiger partial charge in [-0.3, -0.25) is 17.9 Å². The molecule has 13 nitrogen and oxygen atoms in total. The lowest BCUT2D eigenvalue weighted by atomic mass is 9.98. The van der Waals surface area contributed by atoms with Crippen LogP contribution in [0.25, 0.3) is 196 Å². The number of para-hydroxylation sites is 9. The van der Waals surface area contributed by atoms with Crippen molar-refractivity contribution in [3.63, 3.8) is 0 Å². The third-order valence-electron chi connectivity index (χ3n) is 22.4. The molecule has 7 aromatic heterocycles. The Bertz CT molecular complexity index is 7720. The van der Waals surface area contributed by atoms with E-state index < -0.39 is 0 Å². The number of benzene rings is 16. The highest BCUT2D eigenvalue weighted by molar-refractivity contribution is 9.10. The van der Waals surface area contributed by atoms with E-state index in [9.17, 15) is 0 Å². The van der Waals surface area contributed by atoms with E-state index >= 15 is 0 Å². The zero-order chi connectivity index (χ0) is 78.9. The van der Waals surface area contributed by atoms with Gasteiger partial charge in [-0.05, 0) is 149 Å². The number of nitrogens with zero attached hydrogens (tertiary/aromatic N) is 13. The van der Waals surface area contributed by atoms with Crippen molar-refractivity contribution in [1.82, 2.24) is 62.4 Å². The molecule has 16 aromatic carbocycles. The molecule has 0 amide bonds. The predicted octanol–water partition coefficient (Wildman–Crippen LogP) is 25.7. The van der Waals surface area contributed by atoms with E-state index in [1.807, 2.05) is 146 Å². The van der Waals surface area contributed by atoms with Gasteiger partial charge in [-0.25, -0.2) is 39.9 Å². The summed E-state index contributed by atoms with van der Waals surface area (Å²) in [6.45, 7) is 0. The highest BCUT2D eigenvalue weighted by Gasteiger charge is 2.25. The zero-order valence-corrected chi connectivity index (χ0v) is 65.6. The summed E-state index contributed by atoms with van der Waals surface area (Å²) in [5, 5.41) is 2.35. The molecule has 560 valence electrons. The van der Waals surface area contributed by atoms with Crippen molar-refractivity contribution < 1.29 is 0 Å². The van der Waals surface area contributed by atoms with Crippen molar-refractivity contribution in [1.29, 1.82) is 0 Å². The topological polar surface area (TPSA) is 127 Å². The molecular formula is C105H68BrN13. The molecule has 1 aliphatic carbocycles. The quantitative estimate of drug-likeness (QED) is 0.125. The lowest BCUT2D eigenvalue weighted by molar-refractivity contribution is 1.07. The molecule has 0 N–H and O–H groups in total. The molecule has 23 aromatic rings. The van der Waals surface area contributed by atoms with Gasteiger partial charge in [0, 0.05) is 76.8 Å². The van der Waals surface area contributed by atoms with Crippen LogP contribution in [0.5, 0.6) is 0 Å². The molecule has 0 spiro atoms. The van der Waals surface area contributed by atoms with Crippen molar-refractivity contribution in [2.75, 3.05) is 0 Å². The van der Waals surface area contributed by atoms with Gasteiger partial charge in [0.15, 0.2) is 34.9 Å². The van der Waals surface area contributed by atoms with Crippen LogP contribution in [0.1, 0.15) is 11.1 Å². The normalized spacial score (nSPS) is 11.7. The fourth-order valence-electron chi connectivity index (χ4n) is 17.0. The predicted molar refractivity (Wildman–Crippen MR) is 486 cm³/mol. The van der Waals surface area contributed by atoms with E-state index in [2.05, 4.69) is 298 Å². The molecule has 0 fully saturated rings. The molecule has 0 aliphatic heterocycles. The molecule has 0 bridgehead atoms. The van der Waals surface area contributed by atoms with Gasteiger partial charge in [-0.2, -0.15) is 0 Å². The average molecular weight is 1590 g/mol. The second-order valence-corrected chi connectivity index (χ2v) is 30.5. The number of halogens is 1. The van der Waals surface area contributed by atoms with Gasteiger partial charge in [-0.1, -0.05) is 307 Å². The van der Waals surface area contributed by atoms with Gasteiger partial charge < -0.3 is 4.57 Å². The van der Waals surface area contributed by atoms with E-state index in [0.717, 1.165) is 139 Å².